The van der Waals surface area contributed by atoms with Gasteiger partial charge in [0.05, 0.1) is 17.7 Å². The average Bonchev–Trinajstić information content (AvgIpc) is 2.71. The lowest BCUT2D eigenvalue weighted by molar-refractivity contribution is 0.0595. The molecule has 6 nitrogen and oxygen atoms in total. The number of esters is 1. The summed E-state index contributed by atoms with van der Waals surface area (Å²) in [4.78, 5) is 11.5. The number of aromatic nitrogens is 3. The molecule has 0 amide bonds. The van der Waals surface area contributed by atoms with Crippen LogP contribution in [-0.4, -0.2) is 32.8 Å². The van der Waals surface area contributed by atoms with Gasteiger partial charge in [0.1, 0.15) is 5.60 Å². The molecule has 18 heavy (non-hydrogen) atoms. The molecule has 0 aliphatic rings. The van der Waals surface area contributed by atoms with E-state index in [0.717, 1.165) is 0 Å². The minimum Gasteiger partial charge on any atom is -0.465 e. The van der Waals surface area contributed by atoms with Crippen LogP contribution >= 0.6 is 11.6 Å². The van der Waals surface area contributed by atoms with Crippen molar-refractivity contribution in [3.8, 4) is 0 Å². The molecule has 0 atom stereocenters. The Balaban J connectivity index is 2.72. The lowest BCUT2D eigenvalue weighted by atomic mass is 10.1. The number of aliphatic hydroxyl groups is 1. The minimum atomic E-state index is -1.20. The summed E-state index contributed by atoms with van der Waals surface area (Å²) in [6, 6.07) is 1.45. The van der Waals surface area contributed by atoms with Crippen molar-refractivity contribution in [3.05, 3.63) is 28.7 Å². The van der Waals surface area contributed by atoms with Gasteiger partial charge in [0, 0.05) is 6.20 Å². The highest BCUT2D eigenvalue weighted by Gasteiger charge is 2.24. The van der Waals surface area contributed by atoms with Gasteiger partial charge < -0.3 is 9.84 Å². The van der Waals surface area contributed by atoms with Crippen molar-refractivity contribution >= 4 is 23.2 Å². The molecule has 0 fully saturated rings. The van der Waals surface area contributed by atoms with E-state index in [1.54, 1.807) is 13.8 Å². The van der Waals surface area contributed by atoms with E-state index in [-0.39, 0.29) is 10.6 Å². The highest BCUT2D eigenvalue weighted by atomic mass is 35.5. The Morgan fingerprint density at radius 1 is 1.50 bits per heavy atom. The molecule has 2 aromatic heterocycles. The lowest BCUT2D eigenvalue weighted by Gasteiger charge is -2.14. The van der Waals surface area contributed by atoms with Crippen LogP contribution in [0.15, 0.2) is 12.3 Å². The molecule has 0 saturated carbocycles. The second kappa shape index (κ2) is 4.22. The standard InChI is InChI=1S/C11H12ClN3O3/c1-11(2,17)10-14-13-8-7(12)4-6(5-15(8)10)9(16)18-3/h4-5,17H,1-3H3. The summed E-state index contributed by atoms with van der Waals surface area (Å²) in [6.07, 6.45) is 1.49. The summed E-state index contributed by atoms with van der Waals surface area (Å²) in [6.45, 7) is 3.14. The molecule has 96 valence electrons. The summed E-state index contributed by atoms with van der Waals surface area (Å²) >= 11 is 6.01. The zero-order chi connectivity index (χ0) is 13.5. The van der Waals surface area contributed by atoms with Gasteiger partial charge in [-0.15, -0.1) is 10.2 Å². The molecule has 0 spiro atoms. The van der Waals surface area contributed by atoms with Crippen LogP contribution in [0.25, 0.3) is 5.65 Å². The van der Waals surface area contributed by atoms with Gasteiger partial charge in [0.2, 0.25) is 0 Å². The molecule has 0 aromatic carbocycles. The van der Waals surface area contributed by atoms with Gasteiger partial charge in [-0.25, -0.2) is 4.79 Å². The first kappa shape index (κ1) is 12.8. The van der Waals surface area contributed by atoms with E-state index < -0.39 is 11.6 Å². The van der Waals surface area contributed by atoms with Crippen LogP contribution < -0.4 is 0 Å². The average molecular weight is 270 g/mol. The van der Waals surface area contributed by atoms with Crippen molar-refractivity contribution in [2.24, 2.45) is 0 Å². The molecule has 2 rings (SSSR count). The fraction of sp³-hybridized carbons (Fsp3) is 0.364. The van der Waals surface area contributed by atoms with Crippen molar-refractivity contribution in [1.82, 2.24) is 14.6 Å². The third kappa shape index (κ3) is 2.04. The first-order chi connectivity index (χ1) is 8.34. The van der Waals surface area contributed by atoms with Crippen LogP contribution in [0.3, 0.4) is 0 Å². The van der Waals surface area contributed by atoms with Gasteiger partial charge in [-0.3, -0.25) is 4.40 Å². The Hall–Kier alpha value is -1.66. The van der Waals surface area contributed by atoms with Crippen LogP contribution in [0.1, 0.15) is 30.0 Å². The van der Waals surface area contributed by atoms with Crippen LogP contribution in [0.5, 0.6) is 0 Å². The van der Waals surface area contributed by atoms with E-state index in [0.29, 0.717) is 11.5 Å². The van der Waals surface area contributed by atoms with Crippen LogP contribution in [0.4, 0.5) is 0 Å². The summed E-state index contributed by atoms with van der Waals surface area (Å²) in [7, 11) is 1.28. The second-order valence-corrected chi connectivity index (χ2v) is 4.75. The Bertz CT molecular complexity index is 616. The van der Waals surface area contributed by atoms with Crippen LogP contribution in [0.2, 0.25) is 5.02 Å². The fourth-order valence-corrected chi connectivity index (χ4v) is 1.85. The van der Waals surface area contributed by atoms with E-state index in [9.17, 15) is 9.90 Å². The maximum atomic E-state index is 11.5. The lowest BCUT2D eigenvalue weighted by Crippen LogP contribution is -2.20. The Labute approximate surface area is 108 Å². The fourth-order valence-electron chi connectivity index (χ4n) is 1.60. The van der Waals surface area contributed by atoms with E-state index in [1.165, 1.54) is 23.8 Å². The largest absolute Gasteiger partial charge is 0.465 e. The highest BCUT2D eigenvalue weighted by Crippen LogP contribution is 2.24. The summed E-state index contributed by atoms with van der Waals surface area (Å²) in [5.41, 5.74) is -0.556. The number of carbonyl (C=O) groups is 1. The molecule has 0 unspecified atom stereocenters. The van der Waals surface area contributed by atoms with Gasteiger partial charge in [0.15, 0.2) is 11.5 Å². The van der Waals surface area contributed by atoms with Gasteiger partial charge >= 0.3 is 5.97 Å². The highest BCUT2D eigenvalue weighted by molar-refractivity contribution is 6.33. The smallest absolute Gasteiger partial charge is 0.339 e. The van der Waals surface area contributed by atoms with Gasteiger partial charge in [0.25, 0.3) is 0 Å². The SMILES string of the molecule is COC(=O)c1cc(Cl)c2nnc(C(C)(C)O)n2c1. The zero-order valence-electron chi connectivity index (χ0n) is 10.1. The van der Waals surface area contributed by atoms with Gasteiger partial charge in [-0.05, 0) is 19.9 Å². The predicted molar refractivity (Wildman–Crippen MR) is 64.6 cm³/mol. The first-order valence-corrected chi connectivity index (χ1v) is 5.58. The van der Waals surface area contributed by atoms with Gasteiger partial charge in [-0.2, -0.15) is 0 Å². The number of fused-ring (bicyclic) bond motifs is 1. The number of nitrogens with zero attached hydrogens (tertiary/aromatic N) is 3. The van der Waals surface area contributed by atoms with Crippen LogP contribution in [0, 0.1) is 0 Å². The molecule has 0 bridgehead atoms. The normalized spacial score (nSPS) is 11.8. The third-order valence-electron chi connectivity index (χ3n) is 2.43. The van der Waals surface area contributed by atoms with E-state index in [2.05, 4.69) is 14.9 Å². The number of pyridine rings is 1. The molecule has 7 heteroatoms. The van der Waals surface area contributed by atoms with E-state index in [1.807, 2.05) is 0 Å². The van der Waals surface area contributed by atoms with Gasteiger partial charge in [-0.1, -0.05) is 11.6 Å². The first-order valence-electron chi connectivity index (χ1n) is 5.20. The number of carbonyl (C=O) groups excluding carboxylic acids is 1. The summed E-state index contributed by atoms with van der Waals surface area (Å²) in [5.74, 6) is -0.223. The quantitative estimate of drug-likeness (QED) is 0.834. The number of rotatable bonds is 2. The van der Waals surface area contributed by atoms with Crippen molar-refractivity contribution in [1.29, 1.82) is 0 Å². The number of ether oxygens (including phenoxy) is 1. The van der Waals surface area contributed by atoms with Crippen molar-refractivity contribution < 1.29 is 14.6 Å². The minimum absolute atomic E-state index is 0.264. The molecular weight excluding hydrogens is 258 g/mol. The predicted octanol–water partition coefficient (Wildman–Crippen LogP) is 1.40. The number of methoxy groups -OCH3 is 1. The van der Waals surface area contributed by atoms with Crippen molar-refractivity contribution in [2.75, 3.05) is 7.11 Å². The van der Waals surface area contributed by atoms with Crippen LogP contribution in [-0.2, 0) is 10.3 Å². The summed E-state index contributed by atoms with van der Waals surface area (Å²) in [5, 5.41) is 18.0. The molecule has 0 saturated heterocycles. The molecule has 1 N–H and O–H groups in total. The number of hydrogen-bond donors (Lipinski definition) is 1. The monoisotopic (exact) mass is 269 g/mol. The molecule has 0 aliphatic heterocycles. The molecule has 2 aromatic rings. The van der Waals surface area contributed by atoms with E-state index >= 15 is 0 Å². The maximum absolute atomic E-state index is 11.5. The molecule has 0 radical (unpaired) electrons. The number of halogens is 1. The van der Waals surface area contributed by atoms with Crippen molar-refractivity contribution in [2.45, 2.75) is 19.4 Å². The molecule has 2 heterocycles. The second-order valence-electron chi connectivity index (χ2n) is 4.34. The zero-order valence-corrected chi connectivity index (χ0v) is 10.9. The Morgan fingerprint density at radius 3 is 2.72 bits per heavy atom. The van der Waals surface area contributed by atoms with Crippen molar-refractivity contribution in [3.63, 3.8) is 0 Å². The molecule has 0 aliphatic carbocycles. The molecular formula is C11H12ClN3O3. The Morgan fingerprint density at radius 2 is 2.17 bits per heavy atom. The van der Waals surface area contributed by atoms with E-state index in [4.69, 9.17) is 11.6 Å². The number of hydrogen-bond acceptors (Lipinski definition) is 5. The Kier molecular flexibility index (Phi) is 3.00. The topological polar surface area (TPSA) is 76.7 Å². The summed E-state index contributed by atoms with van der Waals surface area (Å²) < 4.78 is 6.11. The maximum Gasteiger partial charge on any atom is 0.339 e. The third-order valence-corrected chi connectivity index (χ3v) is 2.71.